The second kappa shape index (κ2) is 5.82. The lowest BCUT2D eigenvalue weighted by Crippen LogP contribution is -2.33. The van der Waals surface area contributed by atoms with Crippen molar-refractivity contribution < 1.29 is 18.0 Å². The van der Waals surface area contributed by atoms with E-state index in [9.17, 15) is 18.0 Å². The molecule has 2 amide bonds. The van der Waals surface area contributed by atoms with Crippen LogP contribution in [0.3, 0.4) is 0 Å². The molecule has 0 bridgehead atoms. The molecule has 0 aromatic heterocycles. The summed E-state index contributed by atoms with van der Waals surface area (Å²) < 4.78 is 36.1. The Bertz CT molecular complexity index is 478. The number of halogens is 3. The molecule has 0 radical (unpaired) electrons. The second-order valence-electron chi connectivity index (χ2n) is 4.31. The number of carbonyl (C=O) groups is 1. The van der Waals surface area contributed by atoms with Crippen LogP contribution in [0.1, 0.15) is 0 Å². The number of urea groups is 1. The second-order valence-corrected chi connectivity index (χ2v) is 5.47. The highest BCUT2D eigenvalue weighted by atomic mass is 32.2. The number of benzene rings is 1. The average molecular weight is 305 g/mol. The van der Waals surface area contributed by atoms with Crippen LogP contribution in [0, 0.1) is 0 Å². The molecule has 110 valence electrons. The molecule has 2 rings (SSSR count). The summed E-state index contributed by atoms with van der Waals surface area (Å²) in [5.41, 5.74) is 2.62. The van der Waals surface area contributed by atoms with Gasteiger partial charge in [-0.3, -0.25) is 4.90 Å². The number of nitrogen functional groups attached to an aromatic ring is 1. The number of anilines is 2. The van der Waals surface area contributed by atoms with Crippen LogP contribution < -0.4 is 10.6 Å². The lowest BCUT2D eigenvalue weighted by molar-refractivity contribution is -0.0328. The van der Waals surface area contributed by atoms with Crippen molar-refractivity contribution in [2.75, 3.05) is 36.0 Å². The zero-order valence-electron chi connectivity index (χ0n) is 10.6. The molecule has 1 aliphatic heterocycles. The third-order valence-electron chi connectivity index (χ3n) is 2.93. The number of hydrogen-bond acceptors (Lipinski definition) is 3. The Labute approximate surface area is 118 Å². The minimum absolute atomic E-state index is 0.0917. The van der Waals surface area contributed by atoms with Crippen LogP contribution in [-0.4, -0.2) is 41.8 Å². The van der Waals surface area contributed by atoms with Crippen LogP contribution >= 0.6 is 11.8 Å². The SMILES string of the molecule is Nc1ccc(N2CCN(CCSC(F)(F)F)C2=O)cc1. The highest BCUT2D eigenvalue weighted by Crippen LogP contribution is 2.30. The Morgan fingerprint density at radius 2 is 1.85 bits per heavy atom. The fourth-order valence-corrected chi connectivity index (χ4v) is 2.50. The zero-order chi connectivity index (χ0) is 14.8. The van der Waals surface area contributed by atoms with E-state index in [1.807, 2.05) is 0 Å². The van der Waals surface area contributed by atoms with E-state index in [4.69, 9.17) is 5.73 Å². The van der Waals surface area contributed by atoms with Gasteiger partial charge in [0.15, 0.2) is 0 Å². The highest BCUT2D eigenvalue weighted by molar-refractivity contribution is 8.00. The summed E-state index contributed by atoms with van der Waals surface area (Å²) in [7, 11) is 0. The van der Waals surface area contributed by atoms with Crippen molar-refractivity contribution in [1.29, 1.82) is 0 Å². The summed E-state index contributed by atoms with van der Waals surface area (Å²) >= 11 is -0.107. The summed E-state index contributed by atoms with van der Waals surface area (Å²) in [5, 5.41) is 0. The van der Waals surface area contributed by atoms with Crippen molar-refractivity contribution in [3.63, 3.8) is 0 Å². The Hall–Kier alpha value is -1.57. The predicted molar refractivity (Wildman–Crippen MR) is 73.7 cm³/mol. The Morgan fingerprint density at radius 1 is 1.20 bits per heavy atom. The quantitative estimate of drug-likeness (QED) is 0.870. The fraction of sp³-hybridized carbons (Fsp3) is 0.417. The van der Waals surface area contributed by atoms with E-state index < -0.39 is 5.51 Å². The normalized spacial score (nSPS) is 16.1. The molecule has 1 heterocycles. The van der Waals surface area contributed by atoms with Crippen LogP contribution in [0.25, 0.3) is 0 Å². The van der Waals surface area contributed by atoms with Crippen LogP contribution in [0.15, 0.2) is 24.3 Å². The van der Waals surface area contributed by atoms with Crippen LogP contribution in [-0.2, 0) is 0 Å². The number of rotatable bonds is 4. The van der Waals surface area contributed by atoms with Crippen molar-refractivity contribution in [3.8, 4) is 0 Å². The van der Waals surface area contributed by atoms with Gasteiger partial charge in [0, 0.05) is 36.8 Å². The number of carbonyl (C=O) groups excluding carboxylic acids is 1. The molecule has 4 nitrogen and oxygen atoms in total. The largest absolute Gasteiger partial charge is 0.441 e. The Balaban J connectivity index is 1.91. The molecular weight excluding hydrogens is 291 g/mol. The molecule has 1 saturated heterocycles. The molecule has 1 aromatic rings. The molecule has 0 atom stereocenters. The maximum Gasteiger partial charge on any atom is 0.441 e. The first-order valence-electron chi connectivity index (χ1n) is 5.99. The predicted octanol–water partition coefficient (Wildman–Crippen LogP) is 2.76. The van der Waals surface area contributed by atoms with Gasteiger partial charge < -0.3 is 10.6 Å². The Kier molecular flexibility index (Phi) is 4.32. The van der Waals surface area contributed by atoms with Crippen LogP contribution in [0.5, 0.6) is 0 Å². The van der Waals surface area contributed by atoms with Crippen molar-refractivity contribution in [3.05, 3.63) is 24.3 Å². The topological polar surface area (TPSA) is 49.6 Å². The molecule has 0 spiro atoms. The third kappa shape index (κ3) is 3.72. The maximum absolute atomic E-state index is 12.1. The van der Waals surface area contributed by atoms with Crippen molar-refractivity contribution in [1.82, 2.24) is 4.90 Å². The number of nitrogens with zero attached hydrogens (tertiary/aromatic N) is 2. The molecule has 2 N–H and O–H groups in total. The van der Waals surface area contributed by atoms with Gasteiger partial charge in [-0.25, -0.2) is 4.79 Å². The first kappa shape index (κ1) is 14.8. The summed E-state index contributed by atoms with van der Waals surface area (Å²) in [4.78, 5) is 15.0. The van der Waals surface area contributed by atoms with Gasteiger partial charge in [-0.15, -0.1) is 0 Å². The van der Waals surface area contributed by atoms with Gasteiger partial charge >= 0.3 is 11.5 Å². The minimum atomic E-state index is -4.25. The van der Waals surface area contributed by atoms with Gasteiger partial charge in [0.05, 0.1) is 0 Å². The maximum atomic E-state index is 12.1. The zero-order valence-corrected chi connectivity index (χ0v) is 11.4. The lowest BCUT2D eigenvalue weighted by atomic mass is 10.2. The average Bonchev–Trinajstić information content (AvgIpc) is 2.71. The van der Waals surface area contributed by atoms with E-state index in [0.29, 0.717) is 24.5 Å². The van der Waals surface area contributed by atoms with E-state index in [0.717, 1.165) is 0 Å². The lowest BCUT2D eigenvalue weighted by Gasteiger charge is -2.19. The molecule has 0 unspecified atom stereocenters. The van der Waals surface area contributed by atoms with Crippen molar-refractivity contribution >= 4 is 29.2 Å². The monoisotopic (exact) mass is 305 g/mol. The minimum Gasteiger partial charge on any atom is -0.399 e. The summed E-state index contributed by atoms with van der Waals surface area (Å²) in [6, 6.07) is 6.55. The molecule has 1 fully saturated rings. The standard InChI is InChI=1S/C12H14F3N3OS/c13-12(14,15)20-8-7-17-5-6-18(11(17)19)10-3-1-9(16)2-4-10/h1-4H,5-8,16H2. The van der Waals surface area contributed by atoms with Gasteiger partial charge in [0.2, 0.25) is 0 Å². The van der Waals surface area contributed by atoms with Crippen molar-refractivity contribution in [2.24, 2.45) is 0 Å². The molecule has 1 aliphatic rings. The van der Waals surface area contributed by atoms with Crippen LogP contribution in [0.2, 0.25) is 0 Å². The number of thioether (sulfide) groups is 1. The highest BCUT2D eigenvalue weighted by Gasteiger charge is 2.32. The summed E-state index contributed by atoms with van der Waals surface area (Å²) in [5.74, 6) is -0.148. The summed E-state index contributed by atoms with van der Waals surface area (Å²) in [6.45, 7) is 0.996. The van der Waals surface area contributed by atoms with Gasteiger partial charge in [0.1, 0.15) is 0 Å². The first-order chi connectivity index (χ1) is 9.37. The van der Waals surface area contributed by atoms with E-state index in [-0.39, 0.29) is 30.1 Å². The van der Waals surface area contributed by atoms with Crippen LogP contribution in [0.4, 0.5) is 29.3 Å². The van der Waals surface area contributed by atoms with Gasteiger partial charge in [-0.2, -0.15) is 13.2 Å². The molecule has 1 aromatic carbocycles. The fourth-order valence-electron chi connectivity index (χ4n) is 1.96. The number of nitrogens with two attached hydrogens (primary N) is 1. The van der Waals surface area contributed by atoms with E-state index in [1.54, 1.807) is 24.3 Å². The van der Waals surface area contributed by atoms with E-state index >= 15 is 0 Å². The smallest absolute Gasteiger partial charge is 0.399 e. The first-order valence-corrected chi connectivity index (χ1v) is 6.98. The number of amides is 2. The number of alkyl halides is 3. The van der Waals surface area contributed by atoms with Gasteiger partial charge in [-0.1, -0.05) is 0 Å². The Morgan fingerprint density at radius 3 is 2.45 bits per heavy atom. The molecule has 0 aliphatic carbocycles. The van der Waals surface area contributed by atoms with Crippen molar-refractivity contribution in [2.45, 2.75) is 5.51 Å². The van der Waals surface area contributed by atoms with E-state index in [1.165, 1.54) is 9.80 Å². The summed E-state index contributed by atoms with van der Waals surface area (Å²) in [6.07, 6.45) is 0. The molecular formula is C12H14F3N3OS. The third-order valence-corrected chi connectivity index (χ3v) is 3.64. The molecule has 0 saturated carbocycles. The van der Waals surface area contributed by atoms with Gasteiger partial charge in [-0.05, 0) is 36.0 Å². The van der Waals surface area contributed by atoms with E-state index in [2.05, 4.69) is 0 Å². The van der Waals surface area contributed by atoms with Gasteiger partial charge in [0.25, 0.3) is 0 Å². The molecule has 20 heavy (non-hydrogen) atoms. The molecule has 8 heteroatoms. The number of hydrogen-bond donors (Lipinski definition) is 1.